The van der Waals surface area contributed by atoms with Crippen molar-refractivity contribution in [3.05, 3.63) is 29.3 Å². The van der Waals surface area contributed by atoms with Crippen LogP contribution in [-0.2, 0) is 11.3 Å². The van der Waals surface area contributed by atoms with Gasteiger partial charge in [0, 0.05) is 50.4 Å². The van der Waals surface area contributed by atoms with Crippen LogP contribution in [-0.4, -0.2) is 58.4 Å². The fourth-order valence-electron chi connectivity index (χ4n) is 3.04. The molecule has 0 N–H and O–H groups in total. The Morgan fingerprint density at radius 3 is 3.17 bits per heavy atom. The number of likely N-dealkylation sites (tertiary alicyclic amines) is 1. The van der Waals surface area contributed by atoms with Crippen LogP contribution in [0, 0.1) is 0 Å². The SMILES string of the molecule is COCCn1ccnc1C1CCCN(C(=O)c2csc(SC)n2)C1. The lowest BCUT2D eigenvalue weighted by Crippen LogP contribution is -2.40. The first-order valence-electron chi connectivity index (χ1n) is 8.01. The number of piperidine rings is 1. The highest BCUT2D eigenvalue weighted by atomic mass is 32.2. The molecule has 130 valence electrons. The summed E-state index contributed by atoms with van der Waals surface area (Å²) in [4.78, 5) is 23.6. The smallest absolute Gasteiger partial charge is 0.273 e. The molecule has 0 aliphatic carbocycles. The van der Waals surface area contributed by atoms with Crippen molar-refractivity contribution in [2.24, 2.45) is 0 Å². The molecule has 1 amide bonds. The number of aromatic nitrogens is 3. The molecule has 3 rings (SSSR count). The maximum Gasteiger partial charge on any atom is 0.273 e. The minimum atomic E-state index is 0.0336. The maximum absolute atomic E-state index is 12.7. The molecule has 24 heavy (non-hydrogen) atoms. The van der Waals surface area contributed by atoms with E-state index in [1.165, 1.54) is 11.3 Å². The third-order valence-electron chi connectivity index (χ3n) is 4.23. The summed E-state index contributed by atoms with van der Waals surface area (Å²) in [5.41, 5.74) is 0.563. The number of thiazole rings is 1. The third-order valence-corrected chi connectivity index (χ3v) is 6.10. The largest absolute Gasteiger partial charge is 0.383 e. The number of ether oxygens (including phenoxy) is 1. The van der Waals surface area contributed by atoms with E-state index in [9.17, 15) is 4.79 Å². The molecular formula is C16H22N4O2S2. The zero-order chi connectivity index (χ0) is 16.9. The quantitative estimate of drug-likeness (QED) is 0.736. The topological polar surface area (TPSA) is 60.2 Å². The van der Waals surface area contributed by atoms with Gasteiger partial charge in [-0.2, -0.15) is 0 Å². The van der Waals surface area contributed by atoms with Crippen molar-refractivity contribution in [1.29, 1.82) is 0 Å². The second-order valence-electron chi connectivity index (χ2n) is 5.76. The van der Waals surface area contributed by atoms with Crippen LogP contribution in [0.25, 0.3) is 0 Å². The number of carbonyl (C=O) groups excluding carboxylic acids is 1. The van der Waals surface area contributed by atoms with Crippen molar-refractivity contribution in [3.8, 4) is 0 Å². The van der Waals surface area contributed by atoms with Gasteiger partial charge in [-0.1, -0.05) is 11.8 Å². The lowest BCUT2D eigenvalue weighted by molar-refractivity contribution is 0.0697. The summed E-state index contributed by atoms with van der Waals surface area (Å²) in [7, 11) is 1.70. The number of nitrogens with zero attached hydrogens (tertiary/aromatic N) is 4. The Morgan fingerprint density at radius 2 is 2.42 bits per heavy atom. The molecule has 0 radical (unpaired) electrons. The summed E-state index contributed by atoms with van der Waals surface area (Å²) in [6, 6.07) is 0. The number of amides is 1. The zero-order valence-electron chi connectivity index (χ0n) is 14.0. The highest BCUT2D eigenvalue weighted by Gasteiger charge is 2.28. The molecule has 3 heterocycles. The lowest BCUT2D eigenvalue weighted by Gasteiger charge is -2.32. The lowest BCUT2D eigenvalue weighted by atomic mass is 9.97. The van der Waals surface area contributed by atoms with Crippen molar-refractivity contribution in [1.82, 2.24) is 19.4 Å². The third kappa shape index (κ3) is 3.81. The number of hydrogen-bond acceptors (Lipinski definition) is 6. The van der Waals surface area contributed by atoms with E-state index >= 15 is 0 Å². The van der Waals surface area contributed by atoms with Crippen molar-refractivity contribution in [3.63, 3.8) is 0 Å². The van der Waals surface area contributed by atoms with Gasteiger partial charge in [-0.25, -0.2) is 9.97 Å². The van der Waals surface area contributed by atoms with Gasteiger partial charge in [0.25, 0.3) is 5.91 Å². The molecular weight excluding hydrogens is 344 g/mol. The predicted octanol–water partition coefficient (Wildman–Crippen LogP) is 2.73. The molecule has 2 aromatic rings. The number of carbonyl (C=O) groups is 1. The molecule has 1 atom stereocenters. The molecule has 1 unspecified atom stereocenters. The summed E-state index contributed by atoms with van der Waals surface area (Å²) in [5, 5.41) is 1.86. The van der Waals surface area contributed by atoms with Crippen LogP contribution >= 0.6 is 23.1 Å². The van der Waals surface area contributed by atoms with E-state index in [0.29, 0.717) is 18.8 Å². The van der Waals surface area contributed by atoms with E-state index in [1.807, 2.05) is 28.9 Å². The molecule has 8 heteroatoms. The van der Waals surface area contributed by atoms with Crippen LogP contribution in [0.4, 0.5) is 0 Å². The van der Waals surface area contributed by atoms with Crippen LogP contribution in [0.3, 0.4) is 0 Å². The number of methoxy groups -OCH3 is 1. The second kappa shape index (κ2) is 8.13. The van der Waals surface area contributed by atoms with Crippen molar-refractivity contribution in [2.45, 2.75) is 29.6 Å². The predicted molar refractivity (Wildman–Crippen MR) is 95.9 cm³/mol. The summed E-state index contributed by atoms with van der Waals surface area (Å²) in [6.45, 7) is 2.95. The van der Waals surface area contributed by atoms with E-state index in [1.54, 1.807) is 18.9 Å². The van der Waals surface area contributed by atoms with Gasteiger partial charge in [0.15, 0.2) is 0 Å². The van der Waals surface area contributed by atoms with E-state index in [2.05, 4.69) is 14.5 Å². The maximum atomic E-state index is 12.7. The van der Waals surface area contributed by atoms with Crippen molar-refractivity contribution < 1.29 is 9.53 Å². The fraction of sp³-hybridized carbons (Fsp3) is 0.562. The normalized spacial score (nSPS) is 18.1. The molecule has 0 aromatic carbocycles. The average Bonchev–Trinajstić information content (AvgIpc) is 3.28. The van der Waals surface area contributed by atoms with Crippen molar-refractivity contribution in [2.75, 3.05) is 33.1 Å². The molecule has 1 aliphatic rings. The summed E-state index contributed by atoms with van der Waals surface area (Å²) >= 11 is 3.10. The Kier molecular flexibility index (Phi) is 5.91. The fourth-order valence-corrected chi connectivity index (χ4v) is 4.28. The van der Waals surface area contributed by atoms with E-state index in [-0.39, 0.29) is 11.8 Å². The van der Waals surface area contributed by atoms with Gasteiger partial charge in [0.2, 0.25) is 0 Å². The van der Waals surface area contributed by atoms with Gasteiger partial charge in [-0.05, 0) is 19.1 Å². The van der Waals surface area contributed by atoms with Gasteiger partial charge in [-0.15, -0.1) is 11.3 Å². The van der Waals surface area contributed by atoms with E-state index in [4.69, 9.17) is 4.74 Å². The van der Waals surface area contributed by atoms with Gasteiger partial charge in [0.05, 0.1) is 6.61 Å². The van der Waals surface area contributed by atoms with Crippen molar-refractivity contribution >= 4 is 29.0 Å². The van der Waals surface area contributed by atoms with Gasteiger partial charge >= 0.3 is 0 Å². The highest BCUT2D eigenvalue weighted by Crippen LogP contribution is 2.28. The first-order chi connectivity index (χ1) is 11.7. The first kappa shape index (κ1) is 17.4. The minimum Gasteiger partial charge on any atom is -0.383 e. The van der Waals surface area contributed by atoms with Crippen LogP contribution in [0.5, 0.6) is 0 Å². The summed E-state index contributed by atoms with van der Waals surface area (Å²) in [6.07, 6.45) is 7.84. The summed E-state index contributed by atoms with van der Waals surface area (Å²) in [5.74, 6) is 1.35. The molecule has 1 aliphatic heterocycles. The van der Waals surface area contributed by atoms with Crippen LogP contribution in [0.15, 0.2) is 22.1 Å². The molecule has 1 fully saturated rings. The Hall–Kier alpha value is -1.38. The monoisotopic (exact) mass is 366 g/mol. The zero-order valence-corrected chi connectivity index (χ0v) is 15.6. The summed E-state index contributed by atoms with van der Waals surface area (Å²) < 4.78 is 8.23. The molecule has 0 bridgehead atoms. The standard InChI is InChI=1S/C16H22N4O2S2/c1-22-9-8-19-7-5-17-14(19)12-4-3-6-20(10-12)15(21)13-11-24-16(18-13)23-2/h5,7,11-12H,3-4,6,8-10H2,1-2H3. The Bertz CT molecular complexity index is 685. The molecule has 0 spiro atoms. The molecule has 0 saturated carbocycles. The Labute approximate surface area is 150 Å². The number of hydrogen-bond donors (Lipinski definition) is 0. The van der Waals surface area contributed by atoms with Gasteiger partial charge < -0.3 is 14.2 Å². The number of imidazole rings is 1. The van der Waals surface area contributed by atoms with E-state index in [0.717, 1.165) is 36.1 Å². The van der Waals surface area contributed by atoms with E-state index < -0.39 is 0 Å². The average molecular weight is 367 g/mol. The number of rotatable bonds is 6. The van der Waals surface area contributed by atoms with Crippen LogP contribution in [0.2, 0.25) is 0 Å². The minimum absolute atomic E-state index is 0.0336. The molecule has 2 aromatic heterocycles. The van der Waals surface area contributed by atoms with Gasteiger partial charge in [-0.3, -0.25) is 4.79 Å². The van der Waals surface area contributed by atoms with Crippen LogP contribution in [0.1, 0.15) is 35.1 Å². The van der Waals surface area contributed by atoms with Crippen LogP contribution < -0.4 is 0 Å². The van der Waals surface area contributed by atoms with Gasteiger partial charge in [0.1, 0.15) is 15.9 Å². The Morgan fingerprint density at radius 1 is 1.54 bits per heavy atom. The molecule has 1 saturated heterocycles. The molecule has 6 nitrogen and oxygen atoms in total. The first-order valence-corrected chi connectivity index (χ1v) is 10.1. The highest BCUT2D eigenvalue weighted by molar-refractivity contribution is 8.00. The Balaban J connectivity index is 1.70. The number of thioether (sulfide) groups is 1. The second-order valence-corrected chi connectivity index (χ2v) is 7.68.